The Labute approximate surface area is 113 Å². The lowest BCUT2D eigenvalue weighted by Gasteiger charge is -2.21. The molecular weight excluding hydrogens is 308 g/mol. The van der Waals surface area contributed by atoms with Gasteiger partial charge in [0.1, 0.15) is 5.83 Å². The molecule has 1 amide bonds. The first-order valence-corrected chi connectivity index (χ1v) is 6.20. The van der Waals surface area contributed by atoms with Crippen molar-refractivity contribution in [3.05, 3.63) is 40.1 Å². The van der Waals surface area contributed by atoms with Gasteiger partial charge in [-0.2, -0.15) is 0 Å². The lowest BCUT2D eigenvalue weighted by Crippen LogP contribution is -2.31. The molecule has 0 aliphatic carbocycles. The highest BCUT2D eigenvalue weighted by Gasteiger charge is 2.32. The van der Waals surface area contributed by atoms with Gasteiger partial charge in [-0.1, -0.05) is 27.5 Å². The molecule has 0 saturated heterocycles. The summed E-state index contributed by atoms with van der Waals surface area (Å²) in [5.74, 6) is -0.961. The first kappa shape index (κ1) is 14.2. The van der Waals surface area contributed by atoms with E-state index < -0.39 is 17.1 Å². The Kier molecular flexibility index (Phi) is 4.71. The second-order valence-electron chi connectivity index (χ2n) is 4.04. The second-order valence-corrected chi connectivity index (χ2v) is 4.94. The molecule has 5 heteroatoms. The third-order valence-corrected chi connectivity index (χ3v) is 3.02. The lowest BCUT2D eigenvalue weighted by atomic mass is 9.91. The Morgan fingerprint density at radius 2 is 1.94 bits per heavy atom. The average molecular weight is 321 g/mol. The Balaban J connectivity index is 2.82. The van der Waals surface area contributed by atoms with E-state index in [1.54, 1.807) is 24.3 Å². The molecule has 0 aliphatic rings. The van der Waals surface area contributed by atoms with Crippen LogP contribution in [0.4, 0.5) is 10.1 Å². The number of benzene rings is 1. The van der Waals surface area contributed by atoms with Crippen LogP contribution in [0.15, 0.2) is 35.1 Å². The number of amides is 1. The number of halogens is 3. The van der Waals surface area contributed by atoms with Gasteiger partial charge >= 0.3 is 0 Å². The first-order valence-electron chi connectivity index (χ1n) is 4.91. The molecule has 1 N–H and O–H groups in total. The van der Waals surface area contributed by atoms with Crippen molar-refractivity contribution in [3.63, 3.8) is 0 Å². The van der Waals surface area contributed by atoms with Crippen LogP contribution in [-0.2, 0) is 4.79 Å². The van der Waals surface area contributed by atoms with Gasteiger partial charge in [-0.15, -0.1) is 0 Å². The van der Waals surface area contributed by atoms with Crippen LogP contribution in [0.5, 0.6) is 0 Å². The van der Waals surface area contributed by atoms with E-state index in [9.17, 15) is 9.18 Å². The fourth-order valence-electron chi connectivity index (χ4n) is 1.07. The zero-order valence-corrected chi connectivity index (χ0v) is 11.8. The summed E-state index contributed by atoms with van der Waals surface area (Å²) in [6.45, 7) is 3.01. The summed E-state index contributed by atoms with van der Waals surface area (Å²) in [5.41, 5.74) is -0.641. The molecular formula is C12H12BrClFNO. The van der Waals surface area contributed by atoms with Crippen LogP contribution in [0.3, 0.4) is 0 Å². The van der Waals surface area contributed by atoms with Crippen LogP contribution in [0.2, 0.25) is 5.02 Å². The smallest absolute Gasteiger partial charge is 0.236 e. The van der Waals surface area contributed by atoms with E-state index in [4.69, 9.17) is 11.6 Å². The van der Waals surface area contributed by atoms with Gasteiger partial charge in [0.2, 0.25) is 5.91 Å². The van der Waals surface area contributed by atoms with Crippen molar-refractivity contribution >= 4 is 39.1 Å². The van der Waals surface area contributed by atoms with Crippen LogP contribution in [0.1, 0.15) is 13.8 Å². The number of hydrogen-bond acceptors (Lipinski definition) is 1. The third-order valence-electron chi connectivity index (χ3n) is 2.36. The van der Waals surface area contributed by atoms with Crippen LogP contribution in [-0.4, -0.2) is 5.91 Å². The van der Waals surface area contributed by atoms with Gasteiger partial charge in [0.05, 0.1) is 5.41 Å². The summed E-state index contributed by atoms with van der Waals surface area (Å²) in [5, 5.41) is 3.20. The number of anilines is 1. The molecule has 0 aromatic heterocycles. The topological polar surface area (TPSA) is 29.1 Å². The highest BCUT2D eigenvalue weighted by atomic mass is 79.9. The minimum Gasteiger partial charge on any atom is -0.325 e. The molecule has 92 valence electrons. The predicted octanol–water partition coefficient (Wildman–Crippen LogP) is 4.51. The number of rotatable bonds is 3. The molecule has 0 heterocycles. The molecule has 0 radical (unpaired) electrons. The maximum Gasteiger partial charge on any atom is 0.236 e. The van der Waals surface area contributed by atoms with Gasteiger partial charge in [0.15, 0.2) is 0 Å². The maximum atomic E-state index is 13.5. The SMILES string of the molecule is CC(C)(C(=O)Nc1ccc(Cl)cc1)C(F)=CBr. The van der Waals surface area contributed by atoms with Gasteiger partial charge < -0.3 is 5.32 Å². The van der Waals surface area contributed by atoms with Gasteiger partial charge in [0, 0.05) is 15.7 Å². The number of carbonyl (C=O) groups excluding carboxylic acids is 1. The van der Waals surface area contributed by atoms with Crippen LogP contribution >= 0.6 is 27.5 Å². The largest absolute Gasteiger partial charge is 0.325 e. The molecule has 0 bridgehead atoms. The van der Waals surface area contributed by atoms with Crippen LogP contribution in [0, 0.1) is 5.41 Å². The molecule has 1 aromatic rings. The minimum absolute atomic E-state index is 0.423. The molecule has 0 saturated carbocycles. The first-order chi connectivity index (χ1) is 7.87. The Morgan fingerprint density at radius 1 is 1.41 bits per heavy atom. The van der Waals surface area contributed by atoms with Crippen molar-refractivity contribution in [1.82, 2.24) is 0 Å². The van der Waals surface area contributed by atoms with Crippen LogP contribution in [0.25, 0.3) is 0 Å². The summed E-state index contributed by atoms with van der Waals surface area (Å²) >= 11 is 8.60. The van der Waals surface area contributed by atoms with Gasteiger partial charge in [-0.25, -0.2) is 4.39 Å². The highest BCUT2D eigenvalue weighted by molar-refractivity contribution is 9.11. The van der Waals surface area contributed by atoms with E-state index in [1.807, 2.05) is 0 Å². The van der Waals surface area contributed by atoms with Crippen molar-refractivity contribution in [2.75, 3.05) is 5.32 Å². The quantitative estimate of drug-likeness (QED) is 0.872. The van der Waals surface area contributed by atoms with Gasteiger partial charge in [-0.3, -0.25) is 4.79 Å². The fraction of sp³-hybridized carbons (Fsp3) is 0.250. The molecule has 2 nitrogen and oxygen atoms in total. The lowest BCUT2D eigenvalue weighted by molar-refractivity contribution is -0.122. The minimum atomic E-state index is -1.22. The predicted molar refractivity (Wildman–Crippen MR) is 72.0 cm³/mol. The van der Waals surface area contributed by atoms with Crippen molar-refractivity contribution in [3.8, 4) is 0 Å². The fourth-order valence-corrected chi connectivity index (χ4v) is 1.76. The number of hydrogen-bond donors (Lipinski definition) is 1. The summed E-state index contributed by atoms with van der Waals surface area (Å²) in [6, 6.07) is 6.62. The van der Waals surface area contributed by atoms with E-state index in [0.29, 0.717) is 10.7 Å². The highest BCUT2D eigenvalue weighted by Crippen LogP contribution is 2.30. The molecule has 0 unspecified atom stereocenters. The molecule has 1 rings (SSSR count). The van der Waals surface area contributed by atoms with Crippen molar-refractivity contribution in [2.24, 2.45) is 5.41 Å². The molecule has 1 aromatic carbocycles. The normalized spacial score (nSPS) is 12.4. The van der Waals surface area contributed by atoms with Crippen molar-refractivity contribution in [1.29, 1.82) is 0 Å². The summed E-state index contributed by atoms with van der Waals surface area (Å²) in [6.07, 6.45) is 0. The number of nitrogens with one attached hydrogen (secondary N) is 1. The Bertz CT molecular complexity index is 442. The standard InChI is InChI=1S/C12H12BrClFNO/c1-12(2,10(15)7-13)11(17)16-9-5-3-8(14)4-6-9/h3-7H,1-2H3,(H,16,17). The van der Waals surface area contributed by atoms with E-state index in [2.05, 4.69) is 21.2 Å². The van der Waals surface area contributed by atoms with E-state index >= 15 is 0 Å². The second kappa shape index (κ2) is 5.65. The molecule has 17 heavy (non-hydrogen) atoms. The molecule has 0 aliphatic heterocycles. The molecule has 0 spiro atoms. The monoisotopic (exact) mass is 319 g/mol. The maximum absolute atomic E-state index is 13.5. The van der Waals surface area contributed by atoms with Crippen molar-refractivity contribution < 1.29 is 9.18 Å². The molecule has 0 fully saturated rings. The third kappa shape index (κ3) is 3.54. The Morgan fingerprint density at radius 3 is 2.41 bits per heavy atom. The van der Waals surface area contributed by atoms with E-state index in [1.165, 1.54) is 13.8 Å². The average Bonchev–Trinajstić information content (AvgIpc) is 2.30. The summed E-state index contributed by atoms with van der Waals surface area (Å²) in [7, 11) is 0. The zero-order valence-electron chi connectivity index (χ0n) is 9.43. The molecule has 0 atom stereocenters. The summed E-state index contributed by atoms with van der Waals surface area (Å²) < 4.78 is 13.5. The van der Waals surface area contributed by atoms with Gasteiger partial charge in [-0.05, 0) is 38.1 Å². The van der Waals surface area contributed by atoms with E-state index in [-0.39, 0.29) is 0 Å². The Hall–Kier alpha value is -0.870. The zero-order chi connectivity index (χ0) is 13.1. The summed E-state index contributed by atoms with van der Waals surface area (Å²) in [4.78, 5) is 13.0. The van der Waals surface area contributed by atoms with E-state index in [0.717, 1.165) is 4.99 Å². The van der Waals surface area contributed by atoms with Crippen LogP contribution < -0.4 is 5.32 Å². The van der Waals surface area contributed by atoms with Crippen molar-refractivity contribution in [2.45, 2.75) is 13.8 Å². The van der Waals surface area contributed by atoms with Gasteiger partial charge in [0.25, 0.3) is 0 Å². The number of carbonyl (C=O) groups is 1.